The Kier molecular flexibility index (Phi) is 4.36. The van der Waals surface area contributed by atoms with Crippen molar-refractivity contribution in [2.75, 3.05) is 13.0 Å². The molecule has 0 bridgehead atoms. The molecule has 0 amide bonds. The topological polar surface area (TPSA) is 70.4 Å². The van der Waals surface area contributed by atoms with Crippen molar-refractivity contribution in [3.8, 4) is 0 Å². The molecule has 0 aliphatic heterocycles. The van der Waals surface area contributed by atoms with E-state index in [-0.39, 0.29) is 22.9 Å². The highest BCUT2D eigenvalue weighted by atomic mass is 35.5. The van der Waals surface area contributed by atoms with Crippen LogP contribution in [0.5, 0.6) is 0 Å². The molecule has 0 fully saturated rings. The Hall–Kier alpha value is -1.03. The molecule has 0 unspecified atom stereocenters. The molecule has 0 radical (unpaired) electrons. The molecule has 0 rings (SSSR count). The molecule has 0 aromatic carbocycles. The van der Waals surface area contributed by atoms with Crippen LogP contribution >= 0.6 is 11.6 Å². The van der Waals surface area contributed by atoms with E-state index in [0.29, 0.717) is 0 Å². The van der Waals surface area contributed by atoms with Gasteiger partial charge in [0.05, 0.1) is 13.0 Å². The van der Waals surface area contributed by atoms with Gasteiger partial charge in [0.25, 0.3) is 0 Å². The molecule has 4 nitrogen and oxygen atoms in total. The van der Waals surface area contributed by atoms with E-state index in [1.54, 1.807) is 0 Å². The maximum Gasteiger partial charge on any atom is 0.343 e. The first-order valence-electron chi connectivity index (χ1n) is 3.16. The quantitative estimate of drug-likeness (QED) is 0.232. The summed E-state index contributed by atoms with van der Waals surface area (Å²) in [6, 6.07) is 0. The summed E-state index contributed by atoms with van der Waals surface area (Å²) >= 11 is 5.28. The molecule has 0 heterocycles. The number of aliphatic hydroxyl groups excluding tert-OH is 1. The van der Waals surface area contributed by atoms with E-state index < -0.39 is 5.97 Å². The SMILES string of the molecule is COC(=O)/C(C(C)=N)=C(\O)CCl. The monoisotopic (exact) mass is 191 g/mol. The molecule has 0 saturated heterocycles. The average Bonchev–Trinajstić information content (AvgIpc) is 2.03. The van der Waals surface area contributed by atoms with Crippen LogP contribution in [0.25, 0.3) is 0 Å². The molecule has 0 aromatic heterocycles. The Morgan fingerprint density at radius 2 is 2.17 bits per heavy atom. The zero-order valence-corrected chi connectivity index (χ0v) is 7.60. The molecule has 2 N–H and O–H groups in total. The molecule has 0 aromatic rings. The minimum atomic E-state index is -0.749. The Bertz CT molecular complexity index is 235. The summed E-state index contributed by atoms with van der Waals surface area (Å²) in [5, 5.41) is 16.2. The number of allylic oxidation sites excluding steroid dienone is 1. The van der Waals surface area contributed by atoms with Gasteiger partial charge in [-0.05, 0) is 6.92 Å². The molecule has 68 valence electrons. The summed E-state index contributed by atoms with van der Waals surface area (Å²) in [4.78, 5) is 10.9. The first-order valence-corrected chi connectivity index (χ1v) is 3.70. The summed E-state index contributed by atoms with van der Waals surface area (Å²) in [5.74, 6) is -1.29. The van der Waals surface area contributed by atoms with Gasteiger partial charge < -0.3 is 15.3 Å². The van der Waals surface area contributed by atoms with Gasteiger partial charge in [0.1, 0.15) is 11.3 Å². The van der Waals surface area contributed by atoms with Crippen LogP contribution in [0, 0.1) is 5.41 Å². The van der Waals surface area contributed by atoms with Gasteiger partial charge in [0, 0.05) is 5.71 Å². The number of hydrogen-bond donors (Lipinski definition) is 2. The van der Waals surface area contributed by atoms with E-state index in [1.807, 2.05) is 0 Å². The van der Waals surface area contributed by atoms with E-state index in [2.05, 4.69) is 4.74 Å². The minimum Gasteiger partial charge on any atom is -0.510 e. The highest BCUT2D eigenvalue weighted by Crippen LogP contribution is 2.07. The fourth-order valence-corrected chi connectivity index (χ4v) is 0.790. The second kappa shape index (κ2) is 4.77. The molecular weight excluding hydrogens is 182 g/mol. The Morgan fingerprint density at radius 3 is 2.42 bits per heavy atom. The van der Waals surface area contributed by atoms with Gasteiger partial charge in [-0.15, -0.1) is 11.6 Å². The van der Waals surface area contributed by atoms with Crippen LogP contribution in [0.3, 0.4) is 0 Å². The summed E-state index contributed by atoms with van der Waals surface area (Å²) in [5.41, 5.74) is -0.243. The van der Waals surface area contributed by atoms with Gasteiger partial charge in [-0.2, -0.15) is 0 Å². The van der Waals surface area contributed by atoms with Crippen molar-refractivity contribution in [3.63, 3.8) is 0 Å². The third-order valence-electron chi connectivity index (χ3n) is 1.18. The minimum absolute atomic E-state index is 0.0694. The van der Waals surface area contributed by atoms with Gasteiger partial charge in [0.2, 0.25) is 0 Å². The highest BCUT2D eigenvalue weighted by molar-refractivity contribution is 6.22. The fourth-order valence-electron chi connectivity index (χ4n) is 0.656. The number of aliphatic hydroxyl groups is 1. The zero-order chi connectivity index (χ0) is 9.72. The van der Waals surface area contributed by atoms with Crippen molar-refractivity contribution >= 4 is 23.3 Å². The maximum absolute atomic E-state index is 10.9. The van der Waals surface area contributed by atoms with Gasteiger partial charge in [-0.1, -0.05) is 0 Å². The number of hydrogen-bond acceptors (Lipinski definition) is 4. The molecule has 0 aliphatic carbocycles. The number of methoxy groups -OCH3 is 1. The van der Waals surface area contributed by atoms with Crippen LogP contribution in [-0.4, -0.2) is 29.8 Å². The van der Waals surface area contributed by atoms with Crippen LogP contribution in [0.15, 0.2) is 11.3 Å². The van der Waals surface area contributed by atoms with Crippen molar-refractivity contribution in [3.05, 3.63) is 11.3 Å². The predicted molar refractivity (Wildman–Crippen MR) is 45.8 cm³/mol. The maximum atomic E-state index is 10.9. The van der Waals surface area contributed by atoms with Crippen LogP contribution in [-0.2, 0) is 9.53 Å². The van der Waals surface area contributed by atoms with E-state index in [4.69, 9.17) is 22.1 Å². The first kappa shape index (κ1) is 11.0. The van der Waals surface area contributed by atoms with E-state index in [9.17, 15) is 4.79 Å². The molecule has 12 heavy (non-hydrogen) atoms. The lowest BCUT2D eigenvalue weighted by Gasteiger charge is -2.04. The molecule has 0 saturated carbocycles. The number of halogens is 1. The summed E-state index contributed by atoms with van der Waals surface area (Å²) in [6.45, 7) is 1.37. The standard InChI is InChI=1S/C7H10ClNO3/c1-4(9)6(5(10)3-8)7(11)12-2/h9-10H,3H2,1-2H3/b6-5-,9-4?. The Morgan fingerprint density at radius 1 is 1.67 bits per heavy atom. The van der Waals surface area contributed by atoms with Crippen molar-refractivity contribution in [1.29, 1.82) is 5.41 Å². The smallest absolute Gasteiger partial charge is 0.343 e. The van der Waals surface area contributed by atoms with Crippen LogP contribution < -0.4 is 0 Å². The summed E-state index contributed by atoms with van der Waals surface area (Å²) in [7, 11) is 1.17. The van der Waals surface area contributed by atoms with Crippen LogP contribution in [0.1, 0.15) is 6.92 Å². The number of nitrogens with one attached hydrogen (secondary N) is 1. The van der Waals surface area contributed by atoms with E-state index in [1.165, 1.54) is 14.0 Å². The van der Waals surface area contributed by atoms with Crippen LogP contribution in [0.4, 0.5) is 0 Å². The third-order valence-corrected chi connectivity index (χ3v) is 1.43. The lowest BCUT2D eigenvalue weighted by atomic mass is 10.1. The number of esters is 1. The van der Waals surface area contributed by atoms with Crippen LogP contribution in [0.2, 0.25) is 0 Å². The van der Waals surface area contributed by atoms with Crippen molar-refractivity contribution < 1.29 is 14.6 Å². The Labute approximate surface area is 75.3 Å². The van der Waals surface area contributed by atoms with Gasteiger partial charge in [-0.3, -0.25) is 0 Å². The second-order valence-electron chi connectivity index (χ2n) is 2.07. The average molecular weight is 192 g/mol. The lowest BCUT2D eigenvalue weighted by Crippen LogP contribution is -2.14. The molecular formula is C7H10ClNO3. The predicted octanol–water partition coefficient (Wildman–Crippen LogP) is 1.25. The van der Waals surface area contributed by atoms with Crippen molar-refractivity contribution in [2.24, 2.45) is 0 Å². The zero-order valence-electron chi connectivity index (χ0n) is 6.85. The van der Waals surface area contributed by atoms with Gasteiger partial charge in [-0.25, -0.2) is 4.79 Å². The van der Waals surface area contributed by atoms with Crippen molar-refractivity contribution in [1.82, 2.24) is 0 Å². The number of carbonyl (C=O) groups is 1. The fraction of sp³-hybridized carbons (Fsp3) is 0.429. The van der Waals surface area contributed by atoms with E-state index >= 15 is 0 Å². The third kappa shape index (κ3) is 2.54. The first-order chi connectivity index (χ1) is 5.54. The normalized spacial score (nSPS) is 11.9. The summed E-state index contributed by atoms with van der Waals surface area (Å²) in [6.07, 6.45) is 0. The number of carbonyl (C=O) groups excluding carboxylic acids is 1. The lowest BCUT2D eigenvalue weighted by molar-refractivity contribution is -0.135. The molecule has 5 heteroatoms. The largest absolute Gasteiger partial charge is 0.510 e. The number of alkyl halides is 1. The van der Waals surface area contributed by atoms with Gasteiger partial charge >= 0.3 is 5.97 Å². The second-order valence-corrected chi connectivity index (χ2v) is 2.34. The number of rotatable bonds is 3. The number of ether oxygens (including phenoxy) is 1. The van der Waals surface area contributed by atoms with E-state index in [0.717, 1.165) is 0 Å². The molecule has 0 spiro atoms. The van der Waals surface area contributed by atoms with Crippen molar-refractivity contribution in [2.45, 2.75) is 6.92 Å². The van der Waals surface area contributed by atoms with Gasteiger partial charge in [0.15, 0.2) is 0 Å². The highest BCUT2D eigenvalue weighted by Gasteiger charge is 2.16. The molecule has 0 aliphatic rings. The summed E-state index contributed by atoms with van der Waals surface area (Å²) < 4.78 is 4.34. The molecule has 0 atom stereocenters. The Balaban J connectivity index is 4.91.